The summed E-state index contributed by atoms with van der Waals surface area (Å²) in [5.74, 6) is -1.81. The van der Waals surface area contributed by atoms with Gasteiger partial charge in [0.25, 0.3) is 5.91 Å². The van der Waals surface area contributed by atoms with Crippen LogP contribution in [0.3, 0.4) is 0 Å². The molecule has 33 heavy (non-hydrogen) atoms. The predicted octanol–water partition coefficient (Wildman–Crippen LogP) is 5.40. The average molecular weight is 434 g/mol. The molecule has 2 heterocycles. The molecular weight excluding hydrogens is 416 g/mol. The Labute approximate surface area is 189 Å². The Bertz CT molecular complexity index is 1460. The molecule has 1 unspecified atom stereocenters. The van der Waals surface area contributed by atoms with Crippen molar-refractivity contribution in [3.63, 3.8) is 0 Å². The first-order valence-corrected chi connectivity index (χ1v) is 10.3. The van der Waals surface area contributed by atoms with Crippen LogP contribution in [0.25, 0.3) is 11.0 Å². The first-order chi connectivity index (χ1) is 16.0. The third-order valence-corrected chi connectivity index (χ3v) is 5.73. The van der Waals surface area contributed by atoms with Crippen molar-refractivity contribution in [1.82, 2.24) is 0 Å². The van der Waals surface area contributed by atoms with Crippen molar-refractivity contribution in [2.75, 3.05) is 4.90 Å². The molecule has 4 aromatic rings. The number of aliphatic hydroxyl groups is 1. The molecule has 3 aromatic carbocycles. The van der Waals surface area contributed by atoms with Gasteiger partial charge in [-0.1, -0.05) is 48.0 Å². The van der Waals surface area contributed by atoms with Crippen LogP contribution < -0.4 is 4.90 Å². The number of nitrogens with zero attached hydrogens (tertiary/aromatic N) is 2. The maximum Gasteiger partial charge on any atom is 0.294 e. The van der Waals surface area contributed by atoms with Gasteiger partial charge in [-0.15, -0.1) is 0 Å². The van der Waals surface area contributed by atoms with Gasteiger partial charge in [0, 0.05) is 11.1 Å². The van der Waals surface area contributed by atoms with Crippen LogP contribution in [0.2, 0.25) is 0 Å². The van der Waals surface area contributed by atoms with Crippen molar-refractivity contribution in [3.8, 4) is 6.07 Å². The maximum absolute atomic E-state index is 13.6. The van der Waals surface area contributed by atoms with E-state index in [0.717, 1.165) is 10.9 Å². The summed E-state index contributed by atoms with van der Waals surface area (Å²) in [5, 5.41) is 20.7. The van der Waals surface area contributed by atoms with Crippen molar-refractivity contribution >= 4 is 28.3 Å². The number of furan rings is 1. The van der Waals surface area contributed by atoms with Gasteiger partial charge >= 0.3 is 0 Å². The summed E-state index contributed by atoms with van der Waals surface area (Å²) in [4.78, 5) is 28.2. The van der Waals surface area contributed by atoms with E-state index in [1.807, 2.05) is 49.4 Å². The SMILES string of the molecule is Cc1cccc(C2C(C(=O)c3cc4ccccc4o3)=C(O)C(=O)N2c2ccc(C#N)cc2)c1. The highest BCUT2D eigenvalue weighted by atomic mass is 16.3. The van der Waals surface area contributed by atoms with Gasteiger partial charge in [-0.25, -0.2) is 0 Å². The Morgan fingerprint density at radius 2 is 1.79 bits per heavy atom. The molecule has 0 saturated heterocycles. The van der Waals surface area contributed by atoms with Crippen LogP contribution in [-0.4, -0.2) is 16.8 Å². The van der Waals surface area contributed by atoms with Gasteiger partial charge in [0.1, 0.15) is 5.58 Å². The third kappa shape index (κ3) is 3.36. The molecule has 0 bridgehead atoms. The second-order valence-corrected chi connectivity index (χ2v) is 7.89. The number of hydrogen-bond acceptors (Lipinski definition) is 5. The molecular formula is C27H18N2O4. The van der Waals surface area contributed by atoms with Crippen LogP contribution in [0.4, 0.5) is 5.69 Å². The highest BCUT2D eigenvalue weighted by molar-refractivity contribution is 6.20. The number of anilines is 1. The van der Waals surface area contributed by atoms with Gasteiger partial charge in [-0.05, 0) is 48.9 Å². The highest BCUT2D eigenvalue weighted by Crippen LogP contribution is 2.42. The summed E-state index contributed by atoms with van der Waals surface area (Å²) in [5.41, 5.74) is 3.02. The summed E-state index contributed by atoms with van der Waals surface area (Å²) in [6, 6.07) is 23.9. The first-order valence-electron chi connectivity index (χ1n) is 10.3. The fourth-order valence-electron chi connectivity index (χ4n) is 4.18. The van der Waals surface area contributed by atoms with Crippen molar-refractivity contribution in [2.45, 2.75) is 13.0 Å². The monoisotopic (exact) mass is 434 g/mol. The molecule has 1 aromatic heterocycles. The Kier molecular flexibility index (Phi) is 4.80. The fraction of sp³-hybridized carbons (Fsp3) is 0.0741. The molecule has 160 valence electrons. The van der Waals surface area contributed by atoms with Crippen LogP contribution in [-0.2, 0) is 4.79 Å². The van der Waals surface area contributed by atoms with E-state index < -0.39 is 23.5 Å². The Hall–Kier alpha value is -4.63. The minimum absolute atomic E-state index is 0.0462. The van der Waals surface area contributed by atoms with Crippen molar-refractivity contribution in [3.05, 3.63) is 113 Å². The molecule has 1 aliphatic rings. The van der Waals surface area contributed by atoms with E-state index in [4.69, 9.17) is 9.68 Å². The van der Waals surface area contributed by atoms with E-state index in [1.54, 1.807) is 42.5 Å². The Morgan fingerprint density at radius 1 is 1.03 bits per heavy atom. The van der Waals surface area contributed by atoms with E-state index in [-0.39, 0.29) is 11.3 Å². The van der Waals surface area contributed by atoms with Crippen molar-refractivity contribution in [1.29, 1.82) is 5.26 Å². The standard InChI is InChI=1S/C27H18N2O4/c1-16-5-4-7-19(13-16)24-23(25(30)22-14-18-6-2-3-8-21(18)33-22)26(31)27(32)29(24)20-11-9-17(15-28)10-12-20/h2-14,24,31H,1H3. The van der Waals surface area contributed by atoms with E-state index in [9.17, 15) is 14.7 Å². The second-order valence-electron chi connectivity index (χ2n) is 7.89. The lowest BCUT2D eigenvalue weighted by Crippen LogP contribution is -2.31. The normalized spacial score (nSPS) is 15.8. The van der Waals surface area contributed by atoms with Gasteiger partial charge in [-0.3, -0.25) is 14.5 Å². The second kappa shape index (κ2) is 7.81. The minimum Gasteiger partial charge on any atom is -0.503 e. The van der Waals surface area contributed by atoms with Crippen molar-refractivity contribution < 1.29 is 19.1 Å². The summed E-state index contributed by atoms with van der Waals surface area (Å²) in [6.07, 6.45) is 0. The summed E-state index contributed by atoms with van der Waals surface area (Å²) < 4.78 is 5.74. The number of ketones is 1. The number of aryl methyl sites for hydroxylation is 1. The van der Waals surface area contributed by atoms with Gasteiger partial charge in [0.05, 0.1) is 23.2 Å². The molecule has 1 aliphatic heterocycles. The third-order valence-electron chi connectivity index (χ3n) is 5.73. The quantitative estimate of drug-likeness (QED) is 0.434. The van der Waals surface area contributed by atoms with E-state index in [0.29, 0.717) is 22.4 Å². The number of rotatable bonds is 4. The van der Waals surface area contributed by atoms with Crippen LogP contribution in [0.1, 0.15) is 33.3 Å². The number of nitriles is 1. The van der Waals surface area contributed by atoms with E-state index in [1.165, 1.54) is 4.90 Å². The van der Waals surface area contributed by atoms with Gasteiger partial charge in [-0.2, -0.15) is 5.26 Å². The summed E-state index contributed by atoms with van der Waals surface area (Å²) >= 11 is 0. The molecule has 0 aliphatic carbocycles. The molecule has 0 radical (unpaired) electrons. The Morgan fingerprint density at radius 3 is 2.48 bits per heavy atom. The van der Waals surface area contributed by atoms with Crippen LogP contribution >= 0.6 is 0 Å². The zero-order valence-electron chi connectivity index (χ0n) is 17.6. The summed E-state index contributed by atoms with van der Waals surface area (Å²) in [7, 11) is 0. The average Bonchev–Trinajstić information content (AvgIpc) is 3.38. The molecule has 1 N–H and O–H groups in total. The zero-order chi connectivity index (χ0) is 23.1. The molecule has 0 spiro atoms. The number of carbonyl (C=O) groups is 2. The van der Waals surface area contributed by atoms with Gasteiger partial charge < -0.3 is 9.52 Å². The van der Waals surface area contributed by atoms with Crippen molar-refractivity contribution in [2.24, 2.45) is 0 Å². The highest BCUT2D eigenvalue weighted by Gasteiger charge is 2.45. The number of aliphatic hydroxyl groups excluding tert-OH is 1. The lowest BCUT2D eigenvalue weighted by molar-refractivity contribution is -0.117. The maximum atomic E-state index is 13.6. The van der Waals surface area contributed by atoms with Crippen LogP contribution in [0.15, 0.2) is 94.6 Å². The summed E-state index contributed by atoms with van der Waals surface area (Å²) in [6.45, 7) is 1.91. The fourth-order valence-corrected chi connectivity index (χ4v) is 4.18. The Balaban J connectivity index is 1.66. The lowest BCUT2D eigenvalue weighted by Gasteiger charge is -2.27. The largest absolute Gasteiger partial charge is 0.503 e. The first kappa shape index (κ1) is 20.3. The number of hydrogen-bond donors (Lipinski definition) is 1. The molecule has 5 rings (SSSR count). The molecule has 0 fully saturated rings. The number of amides is 1. The number of Topliss-reactive ketones (excluding diaryl/α,β-unsaturated/α-hetero) is 1. The predicted molar refractivity (Wildman–Crippen MR) is 123 cm³/mol. The zero-order valence-corrected chi connectivity index (χ0v) is 17.6. The van der Waals surface area contributed by atoms with E-state index >= 15 is 0 Å². The van der Waals surface area contributed by atoms with E-state index in [2.05, 4.69) is 0 Å². The molecule has 6 nitrogen and oxygen atoms in total. The topological polar surface area (TPSA) is 94.5 Å². The molecule has 0 saturated carbocycles. The number of carbonyl (C=O) groups excluding carboxylic acids is 2. The number of benzene rings is 3. The molecule has 1 atom stereocenters. The number of fused-ring (bicyclic) bond motifs is 1. The minimum atomic E-state index is -0.856. The van der Waals surface area contributed by atoms with Gasteiger partial charge in [0.15, 0.2) is 11.5 Å². The van der Waals surface area contributed by atoms with Crippen LogP contribution in [0, 0.1) is 18.3 Å². The smallest absolute Gasteiger partial charge is 0.294 e. The molecule has 6 heteroatoms. The lowest BCUT2D eigenvalue weighted by atomic mass is 9.93. The van der Waals surface area contributed by atoms with Gasteiger partial charge in [0.2, 0.25) is 5.78 Å². The molecule has 1 amide bonds. The van der Waals surface area contributed by atoms with Crippen LogP contribution in [0.5, 0.6) is 0 Å². The number of para-hydroxylation sites is 1.